The number of fused-ring (bicyclic) bond motifs is 1. The topological polar surface area (TPSA) is 53.4 Å². The molecular weight excluding hydrogens is 340 g/mol. The molecule has 2 heterocycles. The average molecular weight is 359 g/mol. The van der Waals surface area contributed by atoms with E-state index in [0.29, 0.717) is 27.9 Å². The van der Waals surface area contributed by atoms with Gasteiger partial charge in [-0.3, -0.25) is 4.57 Å². The number of methoxy groups -OCH3 is 1. The fourth-order valence-corrected chi connectivity index (χ4v) is 2.74. The maximum Gasteiger partial charge on any atom is 0.355 e. The molecule has 0 atom stereocenters. The highest BCUT2D eigenvalue weighted by atomic mass is 35.5. The highest BCUT2D eigenvalue weighted by molar-refractivity contribution is 6.29. The van der Waals surface area contributed by atoms with Crippen molar-refractivity contribution in [2.45, 2.75) is 26.4 Å². The third-order valence-corrected chi connectivity index (χ3v) is 3.76. The van der Waals surface area contributed by atoms with Crippen molar-refractivity contribution >= 4 is 28.6 Å². The molecule has 0 unspecified atom stereocenters. The third-order valence-electron chi connectivity index (χ3n) is 3.55. The summed E-state index contributed by atoms with van der Waals surface area (Å²) in [6.07, 6.45) is 0. The van der Waals surface area contributed by atoms with Crippen molar-refractivity contribution in [3.63, 3.8) is 0 Å². The Balaban J connectivity index is 2.29. The van der Waals surface area contributed by atoms with E-state index >= 15 is 0 Å². The molecule has 2 aromatic heterocycles. The van der Waals surface area contributed by atoms with Crippen molar-refractivity contribution in [2.24, 2.45) is 0 Å². The van der Waals surface area contributed by atoms with Crippen LogP contribution in [0.2, 0.25) is 5.15 Å². The Labute approximate surface area is 151 Å². The molecule has 3 rings (SSSR count). The summed E-state index contributed by atoms with van der Waals surface area (Å²) in [4.78, 5) is 17.2. The number of halogens is 1. The summed E-state index contributed by atoms with van der Waals surface area (Å²) < 4.78 is 12.7. The van der Waals surface area contributed by atoms with Gasteiger partial charge in [-0.2, -0.15) is 0 Å². The van der Waals surface area contributed by atoms with Crippen LogP contribution in [0.3, 0.4) is 0 Å². The number of nitrogens with zero attached hydrogens (tertiary/aromatic N) is 2. The van der Waals surface area contributed by atoms with Gasteiger partial charge in [0.25, 0.3) is 0 Å². The molecule has 6 heteroatoms. The van der Waals surface area contributed by atoms with E-state index in [1.54, 1.807) is 23.8 Å². The minimum Gasteiger partial charge on any atom is -0.495 e. The number of carbonyl (C=O) groups excluding carboxylic acids is 1. The number of ether oxygens (including phenoxy) is 2. The van der Waals surface area contributed by atoms with Gasteiger partial charge in [-0.1, -0.05) is 23.7 Å². The summed E-state index contributed by atoms with van der Waals surface area (Å²) in [5.41, 5.74) is 1.02. The van der Waals surface area contributed by atoms with Crippen LogP contribution in [0.15, 0.2) is 42.5 Å². The molecular formula is C19H19ClN2O3. The summed E-state index contributed by atoms with van der Waals surface area (Å²) in [7, 11) is 1.58. The number of benzene rings is 1. The Morgan fingerprint density at radius 1 is 1.16 bits per heavy atom. The molecule has 0 N–H and O–H groups in total. The number of aromatic nitrogens is 2. The maximum atomic E-state index is 12.8. The van der Waals surface area contributed by atoms with Crippen LogP contribution < -0.4 is 4.74 Å². The molecule has 0 aliphatic heterocycles. The van der Waals surface area contributed by atoms with Gasteiger partial charge in [0.1, 0.15) is 27.8 Å². The Hall–Kier alpha value is -2.53. The van der Waals surface area contributed by atoms with Gasteiger partial charge >= 0.3 is 5.97 Å². The molecule has 0 bridgehead atoms. The lowest BCUT2D eigenvalue weighted by Gasteiger charge is -2.20. The zero-order valence-electron chi connectivity index (χ0n) is 14.5. The van der Waals surface area contributed by atoms with Crippen molar-refractivity contribution < 1.29 is 14.3 Å². The molecule has 0 amide bonds. The number of esters is 1. The van der Waals surface area contributed by atoms with Crippen molar-refractivity contribution in [3.05, 3.63) is 53.3 Å². The predicted molar refractivity (Wildman–Crippen MR) is 97.8 cm³/mol. The van der Waals surface area contributed by atoms with E-state index in [-0.39, 0.29) is 0 Å². The first-order chi connectivity index (χ1) is 11.8. The quantitative estimate of drug-likeness (QED) is 0.505. The number of pyridine rings is 1. The zero-order valence-corrected chi connectivity index (χ0v) is 15.3. The lowest BCUT2D eigenvalue weighted by Crippen LogP contribution is -2.25. The number of carbonyl (C=O) groups is 1. The van der Waals surface area contributed by atoms with Crippen LogP contribution in [0.5, 0.6) is 5.75 Å². The standard InChI is InChI=1S/C19H19ClN2O3/c1-19(2,3)25-18(23)14-11-12-9-10-16(20)21-17(12)22(14)13-7-5-6-8-15(13)24-4/h5-11H,1-4H3. The van der Waals surface area contributed by atoms with E-state index in [1.807, 2.05) is 51.1 Å². The summed E-state index contributed by atoms with van der Waals surface area (Å²) in [6.45, 7) is 5.49. The van der Waals surface area contributed by atoms with E-state index in [4.69, 9.17) is 21.1 Å². The molecule has 0 radical (unpaired) electrons. The van der Waals surface area contributed by atoms with Gasteiger partial charge in [0.15, 0.2) is 0 Å². The highest BCUT2D eigenvalue weighted by Crippen LogP contribution is 2.31. The van der Waals surface area contributed by atoms with Crippen LogP contribution in [-0.2, 0) is 4.74 Å². The van der Waals surface area contributed by atoms with E-state index in [2.05, 4.69) is 4.98 Å². The van der Waals surface area contributed by atoms with Crippen LogP contribution in [0, 0.1) is 0 Å². The number of rotatable bonds is 3. The van der Waals surface area contributed by atoms with Gasteiger partial charge in [-0.05, 0) is 51.1 Å². The van der Waals surface area contributed by atoms with Gasteiger partial charge in [0.05, 0.1) is 12.8 Å². The zero-order chi connectivity index (χ0) is 18.2. The van der Waals surface area contributed by atoms with Crippen LogP contribution >= 0.6 is 11.6 Å². The van der Waals surface area contributed by atoms with E-state index < -0.39 is 11.6 Å². The second-order valence-corrected chi connectivity index (χ2v) is 6.97. The molecule has 0 saturated heterocycles. The van der Waals surface area contributed by atoms with Gasteiger partial charge in [0, 0.05) is 5.39 Å². The molecule has 0 spiro atoms. The molecule has 5 nitrogen and oxygen atoms in total. The maximum absolute atomic E-state index is 12.8. The molecule has 0 aliphatic rings. The number of hydrogen-bond donors (Lipinski definition) is 0. The summed E-state index contributed by atoms with van der Waals surface area (Å²) in [5.74, 6) is 0.180. The van der Waals surface area contributed by atoms with Crippen LogP contribution in [0.1, 0.15) is 31.3 Å². The Morgan fingerprint density at radius 3 is 2.56 bits per heavy atom. The summed E-state index contributed by atoms with van der Waals surface area (Å²) >= 11 is 6.08. The van der Waals surface area contributed by atoms with Gasteiger partial charge in [0.2, 0.25) is 0 Å². The fraction of sp³-hybridized carbons (Fsp3) is 0.263. The Bertz CT molecular complexity index is 941. The first-order valence-electron chi connectivity index (χ1n) is 7.85. The van der Waals surface area contributed by atoms with E-state index in [1.165, 1.54) is 0 Å². The van der Waals surface area contributed by atoms with Crippen molar-refractivity contribution in [3.8, 4) is 11.4 Å². The fourth-order valence-electron chi connectivity index (χ4n) is 2.59. The first kappa shape index (κ1) is 17.3. The number of para-hydroxylation sites is 2. The van der Waals surface area contributed by atoms with Crippen molar-refractivity contribution in [2.75, 3.05) is 7.11 Å². The molecule has 0 aliphatic carbocycles. The second kappa shape index (κ2) is 6.41. The largest absolute Gasteiger partial charge is 0.495 e. The summed E-state index contributed by atoms with van der Waals surface area (Å²) in [5, 5.41) is 1.13. The van der Waals surface area contributed by atoms with E-state index in [0.717, 1.165) is 5.39 Å². The minimum absolute atomic E-state index is 0.345. The first-order valence-corrected chi connectivity index (χ1v) is 8.23. The highest BCUT2D eigenvalue weighted by Gasteiger charge is 2.25. The molecule has 0 fully saturated rings. The third kappa shape index (κ3) is 3.46. The second-order valence-electron chi connectivity index (χ2n) is 6.59. The Morgan fingerprint density at radius 2 is 1.88 bits per heavy atom. The number of hydrogen-bond acceptors (Lipinski definition) is 4. The van der Waals surface area contributed by atoms with Crippen LogP contribution in [0.4, 0.5) is 0 Å². The lowest BCUT2D eigenvalue weighted by molar-refractivity contribution is 0.00609. The normalized spacial score (nSPS) is 11.6. The smallest absolute Gasteiger partial charge is 0.355 e. The van der Waals surface area contributed by atoms with Crippen molar-refractivity contribution in [1.82, 2.24) is 9.55 Å². The van der Waals surface area contributed by atoms with Gasteiger partial charge in [-0.25, -0.2) is 9.78 Å². The molecule has 0 saturated carbocycles. The molecule has 1 aromatic carbocycles. The Kier molecular flexibility index (Phi) is 4.43. The van der Waals surface area contributed by atoms with Crippen LogP contribution in [-0.4, -0.2) is 28.2 Å². The SMILES string of the molecule is COc1ccccc1-n1c(C(=O)OC(C)(C)C)cc2ccc(Cl)nc21. The minimum atomic E-state index is -0.607. The molecule has 25 heavy (non-hydrogen) atoms. The van der Waals surface area contributed by atoms with Gasteiger partial charge in [-0.15, -0.1) is 0 Å². The van der Waals surface area contributed by atoms with Crippen molar-refractivity contribution in [1.29, 1.82) is 0 Å². The molecule has 3 aromatic rings. The lowest BCUT2D eigenvalue weighted by atomic mass is 10.2. The molecule has 130 valence electrons. The van der Waals surface area contributed by atoms with Gasteiger partial charge < -0.3 is 9.47 Å². The average Bonchev–Trinajstić information content (AvgIpc) is 2.91. The predicted octanol–water partition coefficient (Wildman–Crippen LogP) is 4.64. The summed E-state index contributed by atoms with van der Waals surface area (Å²) in [6, 6.07) is 12.7. The van der Waals surface area contributed by atoms with Crippen LogP contribution in [0.25, 0.3) is 16.7 Å². The monoisotopic (exact) mass is 358 g/mol. The van der Waals surface area contributed by atoms with E-state index in [9.17, 15) is 4.79 Å².